The molecule has 5 nitrogen and oxygen atoms in total. The Kier molecular flexibility index (Phi) is 6.61. The lowest BCUT2D eigenvalue weighted by Gasteiger charge is -2.18. The third kappa shape index (κ3) is 4.45. The summed E-state index contributed by atoms with van der Waals surface area (Å²) >= 11 is 0. The van der Waals surface area contributed by atoms with Gasteiger partial charge < -0.3 is 13.7 Å². The van der Waals surface area contributed by atoms with Crippen LogP contribution in [0.5, 0.6) is 0 Å². The highest BCUT2D eigenvalue weighted by molar-refractivity contribution is 6.15. The average molecular weight is 700 g/mol. The minimum atomic E-state index is 0.599. The van der Waals surface area contributed by atoms with E-state index in [-0.39, 0.29) is 0 Å². The van der Waals surface area contributed by atoms with Crippen LogP contribution < -0.4 is 0 Å². The molecule has 0 radical (unpaired) electrons. The quantitative estimate of drug-likeness (QED) is 0.184. The lowest BCUT2D eigenvalue weighted by molar-refractivity contribution is 1.13. The molecule has 3 heterocycles. The van der Waals surface area contributed by atoms with Gasteiger partial charge in [-0.25, -0.2) is 0 Å². The van der Waals surface area contributed by atoms with Gasteiger partial charge in [0.1, 0.15) is 0 Å². The third-order valence-corrected chi connectivity index (χ3v) is 11.1. The van der Waals surface area contributed by atoms with E-state index in [0.717, 1.165) is 82.8 Å². The number of rotatable bonds is 4. The van der Waals surface area contributed by atoms with E-state index < -0.39 is 0 Å². The van der Waals surface area contributed by atoms with Gasteiger partial charge in [0.05, 0.1) is 67.7 Å². The van der Waals surface area contributed by atoms with Crippen molar-refractivity contribution in [3.63, 3.8) is 0 Å². The molecule has 0 amide bonds. The van der Waals surface area contributed by atoms with Gasteiger partial charge in [-0.3, -0.25) is 0 Å². The van der Waals surface area contributed by atoms with E-state index in [1.165, 1.54) is 10.8 Å². The maximum Gasteiger partial charge on any atom is 0.0991 e. The van der Waals surface area contributed by atoms with Gasteiger partial charge in [-0.15, -0.1) is 0 Å². The summed E-state index contributed by atoms with van der Waals surface area (Å²) in [7, 11) is 0. The van der Waals surface area contributed by atoms with Crippen LogP contribution >= 0.6 is 0 Å². The third-order valence-electron chi connectivity index (χ3n) is 11.1. The van der Waals surface area contributed by atoms with Crippen LogP contribution in [0.3, 0.4) is 0 Å². The van der Waals surface area contributed by atoms with Crippen molar-refractivity contribution in [2.45, 2.75) is 0 Å². The van der Waals surface area contributed by atoms with Gasteiger partial charge in [0.25, 0.3) is 0 Å². The minimum absolute atomic E-state index is 0.599. The molecule has 0 aliphatic rings. The van der Waals surface area contributed by atoms with E-state index in [1.807, 2.05) is 24.3 Å². The van der Waals surface area contributed by atoms with E-state index in [0.29, 0.717) is 11.1 Å². The smallest absolute Gasteiger partial charge is 0.0991 e. The number of benzene rings is 8. The molecule has 0 N–H and O–H groups in total. The molecule has 3 aromatic heterocycles. The Morgan fingerprint density at radius 1 is 0.345 bits per heavy atom. The van der Waals surface area contributed by atoms with Crippen molar-refractivity contribution in [3.8, 4) is 40.3 Å². The molecule has 0 unspecified atom stereocenters. The predicted molar refractivity (Wildman–Crippen MR) is 224 cm³/mol. The molecule has 5 heteroatoms. The second-order valence-electron chi connectivity index (χ2n) is 14.0. The highest BCUT2D eigenvalue weighted by Gasteiger charge is 2.22. The minimum Gasteiger partial charge on any atom is -0.309 e. The van der Waals surface area contributed by atoms with Crippen LogP contribution in [0.1, 0.15) is 11.1 Å². The Morgan fingerprint density at radius 2 is 0.836 bits per heavy atom. The largest absolute Gasteiger partial charge is 0.309 e. The lowest BCUT2D eigenvalue weighted by Crippen LogP contribution is -2.02. The van der Waals surface area contributed by atoms with Crippen molar-refractivity contribution in [2.75, 3.05) is 0 Å². The number of fused-ring (bicyclic) bond motifs is 9. The fourth-order valence-corrected chi connectivity index (χ4v) is 8.76. The van der Waals surface area contributed by atoms with Crippen molar-refractivity contribution in [1.29, 1.82) is 10.5 Å². The first-order chi connectivity index (χ1) is 27.2. The van der Waals surface area contributed by atoms with Gasteiger partial charge in [-0.1, -0.05) is 97.1 Å². The van der Waals surface area contributed by atoms with Crippen LogP contribution in [-0.4, -0.2) is 13.7 Å². The molecule has 11 rings (SSSR count). The van der Waals surface area contributed by atoms with Gasteiger partial charge in [0.15, 0.2) is 0 Å². The molecule has 0 bridgehead atoms. The van der Waals surface area contributed by atoms with E-state index in [2.05, 4.69) is 177 Å². The first-order valence-electron chi connectivity index (χ1n) is 18.3. The van der Waals surface area contributed by atoms with Crippen molar-refractivity contribution in [2.24, 2.45) is 0 Å². The summed E-state index contributed by atoms with van der Waals surface area (Å²) in [6.07, 6.45) is 0. The molecule has 55 heavy (non-hydrogen) atoms. The van der Waals surface area contributed by atoms with E-state index in [9.17, 15) is 10.5 Å². The number of hydrogen-bond acceptors (Lipinski definition) is 2. The molecule has 0 aliphatic heterocycles. The van der Waals surface area contributed by atoms with Gasteiger partial charge in [-0.05, 0) is 84.4 Å². The van der Waals surface area contributed by atoms with Crippen LogP contribution in [0, 0.1) is 22.7 Å². The second kappa shape index (κ2) is 11.8. The van der Waals surface area contributed by atoms with Crippen LogP contribution in [-0.2, 0) is 0 Å². The molecule has 0 saturated heterocycles. The first kappa shape index (κ1) is 30.7. The molecular formula is C50H29N5. The van der Waals surface area contributed by atoms with E-state index in [4.69, 9.17) is 0 Å². The Balaban J connectivity index is 1.18. The summed E-state index contributed by atoms with van der Waals surface area (Å²) in [4.78, 5) is 0. The van der Waals surface area contributed by atoms with Crippen LogP contribution in [0.2, 0.25) is 0 Å². The van der Waals surface area contributed by atoms with Gasteiger partial charge in [-0.2, -0.15) is 10.5 Å². The number of nitriles is 2. The van der Waals surface area contributed by atoms with Crippen LogP contribution in [0.4, 0.5) is 0 Å². The topological polar surface area (TPSA) is 62.4 Å². The number of aromatic nitrogens is 3. The van der Waals surface area contributed by atoms with Gasteiger partial charge in [0, 0.05) is 43.6 Å². The van der Waals surface area contributed by atoms with Crippen LogP contribution in [0.15, 0.2) is 176 Å². The first-order valence-corrected chi connectivity index (χ1v) is 18.3. The Morgan fingerprint density at radius 3 is 1.47 bits per heavy atom. The molecule has 11 aromatic rings. The van der Waals surface area contributed by atoms with Gasteiger partial charge in [0.2, 0.25) is 0 Å². The molecule has 8 aromatic carbocycles. The van der Waals surface area contributed by atoms with Gasteiger partial charge >= 0.3 is 0 Å². The maximum atomic E-state index is 10.2. The Hall–Kier alpha value is -7.86. The van der Waals surface area contributed by atoms with Crippen molar-refractivity contribution < 1.29 is 0 Å². The highest BCUT2D eigenvalue weighted by Crippen LogP contribution is 2.42. The summed E-state index contributed by atoms with van der Waals surface area (Å²) in [5.74, 6) is 0. The number of nitrogens with zero attached hydrogens (tertiary/aromatic N) is 5. The van der Waals surface area contributed by atoms with E-state index in [1.54, 1.807) is 0 Å². The summed E-state index contributed by atoms with van der Waals surface area (Å²) in [5, 5.41) is 26.8. The molecule has 254 valence electrons. The summed E-state index contributed by atoms with van der Waals surface area (Å²) < 4.78 is 7.01. The zero-order valence-electron chi connectivity index (χ0n) is 29.5. The summed E-state index contributed by atoms with van der Waals surface area (Å²) in [5.41, 5.74) is 12.9. The molecule has 0 aliphatic carbocycles. The van der Waals surface area contributed by atoms with Crippen LogP contribution in [0.25, 0.3) is 93.6 Å². The van der Waals surface area contributed by atoms with Crippen molar-refractivity contribution in [1.82, 2.24) is 13.7 Å². The number of para-hydroxylation sites is 5. The maximum absolute atomic E-state index is 10.2. The normalized spacial score (nSPS) is 11.6. The molecule has 0 spiro atoms. The Bertz CT molecular complexity index is 3400. The SMILES string of the molecule is N#Cc1ccc(-n2c3ccccc3c3cccc(-n4c5ccccc5c5cc(C#N)ccc54)c32)c(-c2ccc(-n3c4ccccc4c4ccccc43)cc2)c1. The standard InChI is InChI=1S/C50H29N5/c51-30-32-20-26-47(41(28-32)34-22-24-35(25-23-34)53-43-15-5-1-10-36(43)37-11-2-6-16-44(37)53)55-46-18-8-3-12-38(46)40-14-9-19-49(50(40)55)54-45-17-7-4-13-39(45)42-29-33(31-52)21-27-48(42)54/h1-29H. The van der Waals surface area contributed by atoms with Crippen molar-refractivity contribution in [3.05, 3.63) is 187 Å². The average Bonchev–Trinajstić information content (AvgIpc) is 3.89. The van der Waals surface area contributed by atoms with E-state index >= 15 is 0 Å². The molecule has 0 fully saturated rings. The highest BCUT2D eigenvalue weighted by atomic mass is 15.1. The molecular weight excluding hydrogens is 671 g/mol. The monoisotopic (exact) mass is 699 g/mol. The fourth-order valence-electron chi connectivity index (χ4n) is 8.76. The Labute approximate surface area is 316 Å². The number of hydrogen-bond donors (Lipinski definition) is 0. The fraction of sp³-hybridized carbons (Fsp3) is 0. The zero-order chi connectivity index (χ0) is 36.6. The molecule has 0 saturated carbocycles. The molecule has 0 atom stereocenters. The summed E-state index contributed by atoms with van der Waals surface area (Å²) in [6, 6.07) is 66.0. The summed E-state index contributed by atoms with van der Waals surface area (Å²) in [6.45, 7) is 0. The zero-order valence-corrected chi connectivity index (χ0v) is 29.5. The van der Waals surface area contributed by atoms with Crippen molar-refractivity contribution >= 4 is 65.4 Å². The predicted octanol–water partition coefficient (Wildman–Crippen LogP) is 12.4. The lowest BCUT2D eigenvalue weighted by atomic mass is 10.00. The second-order valence-corrected chi connectivity index (χ2v) is 14.0.